The zero-order valence-electron chi connectivity index (χ0n) is 10.1. The predicted octanol–water partition coefficient (Wildman–Crippen LogP) is 2.81. The van der Waals surface area contributed by atoms with E-state index in [0.29, 0.717) is 5.69 Å². The summed E-state index contributed by atoms with van der Waals surface area (Å²) in [4.78, 5) is 15.8. The van der Waals surface area contributed by atoms with Gasteiger partial charge in [0.05, 0.1) is 17.4 Å². The summed E-state index contributed by atoms with van der Waals surface area (Å²) in [5.41, 5.74) is 4.35. The second-order valence-corrected chi connectivity index (χ2v) is 4.05. The van der Waals surface area contributed by atoms with Gasteiger partial charge < -0.3 is 5.32 Å². The Bertz CT molecular complexity index is 706. The second kappa shape index (κ2) is 4.81. The summed E-state index contributed by atoms with van der Waals surface area (Å²) < 4.78 is 1.68. The lowest BCUT2D eigenvalue weighted by molar-refractivity contribution is 0.260. The van der Waals surface area contributed by atoms with E-state index < -0.39 is 0 Å². The van der Waals surface area contributed by atoms with Crippen molar-refractivity contribution < 1.29 is 4.79 Å². The molecule has 1 aromatic carbocycles. The van der Waals surface area contributed by atoms with Crippen molar-refractivity contribution in [3.05, 3.63) is 61.1 Å². The van der Waals surface area contributed by atoms with Gasteiger partial charge in [0.25, 0.3) is 0 Å². The van der Waals surface area contributed by atoms with E-state index in [0.717, 1.165) is 10.9 Å². The van der Waals surface area contributed by atoms with Gasteiger partial charge in [0.15, 0.2) is 0 Å². The molecule has 0 saturated carbocycles. The van der Waals surface area contributed by atoms with E-state index >= 15 is 0 Å². The smallest absolute Gasteiger partial charge is 0.305 e. The molecule has 0 spiro atoms. The first-order valence-electron chi connectivity index (χ1n) is 5.87. The molecule has 0 aliphatic rings. The van der Waals surface area contributed by atoms with E-state index in [2.05, 4.69) is 15.7 Å². The summed E-state index contributed by atoms with van der Waals surface area (Å²) in [5, 5.41) is 3.78. The van der Waals surface area contributed by atoms with E-state index in [-0.39, 0.29) is 6.03 Å². The number of fused-ring (bicyclic) bond motifs is 1. The Hall–Kier alpha value is -2.82. The van der Waals surface area contributed by atoms with Gasteiger partial charge in [0.1, 0.15) is 0 Å². The highest BCUT2D eigenvalue weighted by Crippen LogP contribution is 2.13. The van der Waals surface area contributed by atoms with Crippen LogP contribution < -0.4 is 10.7 Å². The second-order valence-electron chi connectivity index (χ2n) is 4.05. The maximum atomic E-state index is 11.9. The number of nitrogens with one attached hydrogen (secondary N) is 2. The van der Waals surface area contributed by atoms with Crippen LogP contribution in [0.2, 0.25) is 0 Å². The number of pyridine rings is 1. The van der Waals surface area contributed by atoms with E-state index in [1.165, 1.54) is 0 Å². The fourth-order valence-electron chi connectivity index (χ4n) is 1.89. The lowest BCUT2D eigenvalue weighted by atomic mass is 10.3. The number of carbonyl (C=O) groups is 1. The molecule has 2 aromatic heterocycles. The van der Waals surface area contributed by atoms with Crippen molar-refractivity contribution in [1.29, 1.82) is 0 Å². The molecule has 0 fully saturated rings. The van der Waals surface area contributed by atoms with Gasteiger partial charge in [-0.25, -0.2) is 10.2 Å². The molecule has 0 unspecified atom stereocenters. The molecule has 3 aromatic rings. The van der Waals surface area contributed by atoms with Crippen LogP contribution in [-0.4, -0.2) is 15.7 Å². The highest BCUT2D eigenvalue weighted by atomic mass is 16.2. The van der Waals surface area contributed by atoms with E-state index in [1.54, 1.807) is 29.2 Å². The number of urea groups is 1. The molecule has 0 aliphatic heterocycles. The number of anilines is 1. The SMILES string of the molecule is O=C(Nc1cccnc1)Nn1ccc2ccccc21. The van der Waals surface area contributed by atoms with Crippen LogP contribution in [0.1, 0.15) is 0 Å². The third-order valence-corrected chi connectivity index (χ3v) is 2.74. The summed E-state index contributed by atoms with van der Waals surface area (Å²) in [6.07, 6.45) is 5.06. The molecule has 0 saturated heterocycles. The number of benzene rings is 1. The van der Waals surface area contributed by atoms with Crippen LogP contribution in [0.25, 0.3) is 10.9 Å². The molecule has 2 amide bonds. The fourth-order valence-corrected chi connectivity index (χ4v) is 1.89. The molecular weight excluding hydrogens is 240 g/mol. The number of para-hydroxylation sites is 1. The monoisotopic (exact) mass is 252 g/mol. The number of aromatic nitrogens is 2. The molecule has 2 heterocycles. The van der Waals surface area contributed by atoms with E-state index in [9.17, 15) is 4.79 Å². The van der Waals surface area contributed by atoms with Crippen molar-refractivity contribution in [2.24, 2.45) is 0 Å². The lowest BCUT2D eigenvalue weighted by Gasteiger charge is -2.09. The van der Waals surface area contributed by atoms with Crippen molar-refractivity contribution >= 4 is 22.6 Å². The number of amides is 2. The van der Waals surface area contributed by atoms with E-state index in [1.807, 2.05) is 36.5 Å². The lowest BCUT2D eigenvalue weighted by Crippen LogP contribution is -2.27. The number of hydrogen-bond donors (Lipinski definition) is 2. The van der Waals surface area contributed by atoms with Crippen molar-refractivity contribution in [2.75, 3.05) is 10.7 Å². The summed E-state index contributed by atoms with van der Waals surface area (Å²) >= 11 is 0. The maximum Gasteiger partial charge on any atom is 0.338 e. The van der Waals surface area contributed by atoms with Gasteiger partial charge in [-0.2, -0.15) is 0 Å². The minimum absolute atomic E-state index is 0.311. The molecule has 5 nitrogen and oxygen atoms in total. The minimum atomic E-state index is -0.311. The number of rotatable bonds is 2. The van der Waals surface area contributed by atoms with Crippen LogP contribution in [-0.2, 0) is 0 Å². The summed E-state index contributed by atoms with van der Waals surface area (Å²) in [5.74, 6) is 0. The topological polar surface area (TPSA) is 59.0 Å². The zero-order chi connectivity index (χ0) is 13.1. The predicted molar refractivity (Wildman–Crippen MR) is 74.6 cm³/mol. The van der Waals surface area contributed by atoms with Crippen molar-refractivity contribution in [3.63, 3.8) is 0 Å². The fraction of sp³-hybridized carbons (Fsp3) is 0. The highest BCUT2D eigenvalue weighted by molar-refractivity contribution is 5.96. The standard InChI is InChI=1S/C14H12N4O/c19-14(16-12-5-3-8-15-10-12)17-18-9-7-11-4-1-2-6-13(11)18/h1-10H,(H2,16,17,19). The molecule has 0 aliphatic carbocycles. The summed E-state index contributed by atoms with van der Waals surface area (Å²) in [7, 11) is 0. The van der Waals surface area contributed by atoms with Gasteiger partial charge in [-0.3, -0.25) is 9.66 Å². The first-order valence-corrected chi connectivity index (χ1v) is 5.87. The molecule has 3 rings (SSSR count). The van der Waals surface area contributed by atoms with Gasteiger partial charge in [0.2, 0.25) is 0 Å². The van der Waals surface area contributed by atoms with Crippen LogP contribution in [0.15, 0.2) is 61.1 Å². The third-order valence-electron chi connectivity index (χ3n) is 2.74. The highest BCUT2D eigenvalue weighted by Gasteiger charge is 2.04. The van der Waals surface area contributed by atoms with Gasteiger partial charge in [-0.1, -0.05) is 18.2 Å². The Morgan fingerprint density at radius 1 is 1.11 bits per heavy atom. The van der Waals surface area contributed by atoms with Crippen LogP contribution >= 0.6 is 0 Å². The average molecular weight is 252 g/mol. The van der Waals surface area contributed by atoms with Crippen LogP contribution in [0.5, 0.6) is 0 Å². The summed E-state index contributed by atoms with van der Waals surface area (Å²) in [6.45, 7) is 0. The zero-order valence-corrected chi connectivity index (χ0v) is 10.1. The molecule has 0 radical (unpaired) electrons. The third kappa shape index (κ3) is 2.40. The Labute approximate surface area is 109 Å². The molecule has 0 atom stereocenters. The van der Waals surface area contributed by atoms with Crippen LogP contribution in [0.4, 0.5) is 10.5 Å². The summed E-state index contributed by atoms with van der Waals surface area (Å²) in [6, 6.07) is 13.0. The Kier molecular flexibility index (Phi) is 2.86. The first-order chi connectivity index (χ1) is 9.33. The normalized spacial score (nSPS) is 10.3. The number of hydrogen-bond acceptors (Lipinski definition) is 2. The van der Waals surface area contributed by atoms with Crippen molar-refractivity contribution in [1.82, 2.24) is 9.66 Å². The minimum Gasteiger partial charge on any atom is -0.305 e. The average Bonchev–Trinajstić information content (AvgIpc) is 2.83. The molecule has 0 bridgehead atoms. The van der Waals surface area contributed by atoms with Gasteiger partial charge in [-0.05, 0) is 24.3 Å². The molecule has 19 heavy (non-hydrogen) atoms. The van der Waals surface area contributed by atoms with Crippen LogP contribution in [0.3, 0.4) is 0 Å². The maximum absolute atomic E-state index is 11.9. The van der Waals surface area contributed by atoms with E-state index in [4.69, 9.17) is 0 Å². The van der Waals surface area contributed by atoms with Gasteiger partial charge >= 0.3 is 6.03 Å². The molecule has 5 heteroatoms. The van der Waals surface area contributed by atoms with Gasteiger partial charge in [0, 0.05) is 17.8 Å². The Morgan fingerprint density at radius 2 is 2.00 bits per heavy atom. The molecular formula is C14H12N4O. The van der Waals surface area contributed by atoms with Crippen LogP contribution in [0, 0.1) is 0 Å². The molecule has 2 N–H and O–H groups in total. The number of nitrogens with zero attached hydrogens (tertiary/aromatic N) is 2. The Morgan fingerprint density at radius 3 is 2.84 bits per heavy atom. The van der Waals surface area contributed by atoms with Gasteiger partial charge in [-0.15, -0.1) is 0 Å². The quantitative estimate of drug-likeness (QED) is 0.736. The number of carbonyl (C=O) groups excluding carboxylic acids is 1. The largest absolute Gasteiger partial charge is 0.338 e. The van der Waals surface area contributed by atoms with Crippen molar-refractivity contribution in [2.45, 2.75) is 0 Å². The van der Waals surface area contributed by atoms with Crippen molar-refractivity contribution in [3.8, 4) is 0 Å². The first kappa shape index (κ1) is 11.3. The Balaban J connectivity index is 1.76. The molecule has 94 valence electrons.